The highest BCUT2D eigenvalue weighted by Crippen LogP contribution is 2.25. The van der Waals surface area contributed by atoms with Crippen LogP contribution in [0.5, 0.6) is 0 Å². The first-order chi connectivity index (χ1) is 7.36. The second-order valence-corrected chi connectivity index (χ2v) is 5.07. The number of nitrogens with two attached hydrogens (primary N) is 1. The van der Waals surface area contributed by atoms with Crippen LogP contribution in [0.25, 0.3) is 0 Å². The van der Waals surface area contributed by atoms with Crippen LogP contribution in [0.1, 0.15) is 19.3 Å². The molecule has 0 amide bonds. The number of nitrogen functional groups attached to an aromatic ring is 1. The third kappa shape index (κ3) is 2.99. The van der Waals surface area contributed by atoms with Crippen LogP contribution in [0.3, 0.4) is 0 Å². The number of hydrogen-bond donors (Lipinski definition) is 2. The van der Waals surface area contributed by atoms with Crippen molar-refractivity contribution >= 4 is 23.4 Å². The van der Waals surface area contributed by atoms with E-state index < -0.39 is 0 Å². The molecule has 15 heavy (non-hydrogen) atoms. The Morgan fingerprint density at radius 2 is 2.27 bits per heavy atom. The van der Waals surface area contributed by atoms with E-state index in [0.29, 0.717) is 16.9 Å². The summed E-state index contributed by atoms with van der Waals surface area (Å²) < 4.78 is 0. The molecule has 1 unspecified atom stereocenters. The minimum atomic E-state index is 0.485. The highest BCUT2D eigenvalue weighted by molar-refractivity contribution is 7.99. The molecule has 0 aromatic carbocycles. The first kappa shape index (κ1) is 10.5. The largest absolute Gasteiger partial charge is 0.381 e. The lowest BCUT2D eigenvalue weighted by Gasteiger charge is -2.21. The number of anilines is 2. The van der Waals surface area contributed by atoms with Gasteiger partial charge in [0.15, 0.2) is 11.6 Å². The molecule has 2 rings (SSSR count). The Morgan fingerprint density at radius 3 is 3.00 bits per heavy atom. The van der Waals surface area contributed by atoms with Crippen molar-refractivity contribution in [3.8, 4) is 0 Å². The second-order valence-electron chi connectivity index (χ2n) is 3.66. The summed E-state index contributed by atoms with van der Waals surface area (Å²) in [6.45, 7) is 0.938. The molecule has 0 bridgehead atoms. The molecule has 1 saturated heterocycles. The molecule has 82 valence electrons. The molecule has 1 aliphatic heterocycles. The maximum Gasteiger partial charge on any atom is 0.168 e. The molecule has 0 radical (unpaired) electrons. The van der Waals surface area contributed by atoms with Crippen LogP contribution in [-0.4, -0.2) is 27.5 Å². The first-order valence-electron chi connectivity index (χ1n) is 5.28. The van der Waals surface area contributed by atoms with Gasteiger partial charge in [0.2, 0.25) is 0 Å². The van der Waals surface area contributed by atoms with Crippen molar-refractivity contribution in [1.29, 1.82) is 0 Å². The van der Waals surface area contributed by atoms with Gasteiger partial charge in [-0.05, 0) is 18.6 Å². The smallest absolute Gasteiger partial charge is 0.168 e. The highest BCUT2D eigenvalue weighted by atomic mass is 32.2. The molecule has 0 saturated carbocycles. The van der Waals surface area contributed by atoms with Crippen LogP contribution in [0.4, 0.5) is 11.6 Å². The van der Waals surface area contributed by atoms with Gasteiger partial charge in [0.25, 0.3) is 0 Å². The summed E-state index contributed by atoms with van der Waals surface area (Å²) in [5.74, 6) is 2.48. The molecule has 0 aliphatic carbocycles. The van der Waals surface area contributed by atoms with Crippen molar-refractivity contribution in [1.82, 2.24) is 9.97 Å². The zero-order chi connectivity index (χ0) is 10.5. The molecule has 0 spiro atoms. The molecule has 1 aromatic rings. The Morgan fingerprint density at radius 1 is 1.40 bits per heavy atom. The fourth-order valence-electron chi connectivity index (χ4n) is 1.66. The number of thioether (sulfide) groups is 1. The van der Waals surface area contributed by atoms with Crippen molar-refractivity contribution in [3.63, 3.8) is 0 Å². The van der Waals surface area contributed by atoms with E-state index in [9.17, 15) is 0 Å². The predicted molar refractivity (Wildman–Crippen MR) is 65.0 cm³/mol. The number of nitrogens with zero attached hydrogens (tertiary/aromatic N) is 2. The highest BCUT2D eigenvalue weighted by Gasteiger charge is 2.14. The molecular weight excluding hydrogens is 208 g/mol. The zero-order valence-electron chi connectivity index (χ0n) is 8.65. The van der Waals surface area contributed by atoms with E-state index >= 15 is 0 Å². The van der Waals surface area contributed by atoms with E-state index in [1.54, 1.807) is 12.4 Å². The van der Waals surface area contributed by atoms with Gasteiger partial charge in [-0.1, -0.05) is 6.42 Å². The molecule has 3 N–H and O–H groups in total. The third-order valence-corrected chi connectivity index (χ3v) is 3.90. The summed E-state index contributed by atoms with van der Waals surface area (Å²) >= 11 is 2.04. The van der Waals surface area contributed by atoms with Gasteiger partial charge in [-0.15, -0.1) is 0 Å². The SMILES string of the molecule is Nc1nccnc1NCC1CCCCS1. The molecule has 1 atom stereocenters. The third-order valence-electron chi connectivity index (χ3n) is 2.50. The Hall–Kier alpha value is -0.970. The van der Waals surface area contributed by atoms with Crippen LogP contribution >= 0.6 is 11.8 Å². The lowest BCUT2D eigenvalue weighted by molar-refractivity contribution is 0.677. The predicted octanol–water partition coefficient (Wildman–Crippen LogP) is 1.76. The van der Waals surface area contributed by atoms with Gasteiger partial charge in [0.1, 0.15) is 0 Å². The van der Waals surface area contributed by atoms with Gasteiger partial charge in [0, 0.05) is 24.2 Å². The van der Waals surface area contributed by atoms with E-state index in [1.165, 1.54) is 25.0 Å². The van der Waals surface area contributed by atoms with Crippen LogP contribution in [-0.2, 0) is 0 Å². The van der Waals surface area contributed by atoms with Crippen molar-refractivity contribution in [2.75, 3.05) is 23.3 Å². The molecular formula is C10H16N4S. The minimum Gasteiger partial charge on any atom is -0.381 e. The quantitative estimate of drug-likeness (QED) is 0.819. The summed E-state index contributed by atoms with van der Waals surface area (Å²) in [7, 11) is 0. The van der Waals surface area contributed by atoms with Crippen LogP contribution in [0.15, 0.2) is 12.4 Å². The van der Waals surface area contributed by atoms with Crippen LogP contribution < -0.4 is 11.1 Å². The summed E-state index contributed by atoms with van der Waals surface area (Å²) in [5.41, 5.74) is 5.69. The molecule has 4 nitrogen and oxygen atoms in total. The summed E-state index contributed by atoms with van der Waals surface area (Å²) in [6, 6.07) is 0. The fraction of sp³-hybridized carbons (Fsp3) is 0.600. The maximum atomic E-state index is 5.69. The lowest BCUT2D eigenvalue weighted by Crippen LogP contribution is -2.21. The first-order valence-corrected chi connectivity index (χ1v) is 6.33. The number of aromatic nitrogens is 2. The van der Waals surface area contributed by atoms with Crippen LogP contribution in [0, 0.1) is 0 Å². The monoisotopic (exact) mass is 224 g/mol. The Labute approximate surface area is 94.1 Å². The van der Waals surface area contributed by atoms with Crippen molar-refractivity contribution in [2.24, 2.45) is 0 Å². The normalized spacial score (nSPS) is 21.2. The molecule has 1 fully saturated rings. The Balaban J connectivity index is 1.84. The van der Waals surface area contributed by atoms with Gasteiger partial charge in [-0.3, -0.25) is 0 Å². The average Bonchev–Trinajstić information content (AvgIpc) is 2.29. The van der Waals surface area contributed by atoms with Crippen molar-refractivity contribution in [3.05, 3.63) is 12.4 Å². The molecule has 1 aromatic heterocycles. The van der Waals surface area contributed by atoms with E-state index in [0.717, 1.165) is 6.54 Å². The van der Waals surface area contributed by atoms with Gasteiger partial charge in [-0.2, -0.15) is 11.8 Å². The Bertz CT molecular complexity index is 312. The molecule has 2 heterocycles. The summed E-state index contributed by atoms with van der Waals surface area (Å²) in [5, 5.41) is 3.96. The average molecular weight is 224 g/mol. The lowest BCUT2D eigenvalue weighted by atomic mass is 10.2. The number of hydrogen-bond acceptors (Lipinski definition) is 5. The fourth-order valence-corrected chi connectivity index (χ4v) is 2.90. The van der Waals surface area contributed by atoms with E-state index in [2.05, 4.69) is 15.3 Å². The van der Waals surface area contributed by atoms with Crippen molar-refractivity contribution in [2.45, 2.75) is 24.5 Å². The number of rotatable bonds is 3. The number of nitrogens with one attached hydrogen (secondary N) is 1. The van der Waals surface area contributed by atoms with Gasteiger partial charge >= 0.3 is 0 Å². The van der Waals surface area contributed by atoms with Crippen molar-refractivity contribution < 1.29 is 0 Å². The van der Waals surface area contributed by atoms with E-state index in [-0.39, 0.29) is 0 Å². The van der Waals surface area contributed by atoms with Gasteiger partial charge < -0.3 is 11.1 Å². The van der Waals surface area contributed by atoms with E-state index in [4.69, 9.17) is 5.73 Å². The minimum absolute atomic E-state index is 0.485. The molecule has 5 heteroatoms. The van der Waals surface area contributed by atoms with Gasteiger partial charge in [-0.25, -0.2) is 9.97 Å². The summed E-state index contributed by atoms with van der Waals surface area (Å²) in [6.07, 6.45) is 7.25. The Kier molecular flexibility index (Phi) is 3.66. The molecule has 1 aliphatic rings. The van der Waals surface area contributed by atoms with Crippen LogP contribution in [0.2, 0.25) is 0 Å². The topological polar surface area (TPSA) is 63.8 Å². The van der Waals surface area contributed by atoms with Gasteiger partial charge in [0.05, 0.1) is 0 Å². The maximum absolute atomic E-state index is 5.69. The standard InChI is InChI=1S/C10H16N4S/c11-9-10(13-5-4-12-9)14-7-8-3-1-2-6-15-8/h4-5,8H,1-3,6-7H2,(H2,11,12)(H,13,14). The second kappa shape index (κ2) is 5.21. The summed E-state index contributed by atoms with van der Waals surface area (Å²) in [4.78, 5) is 8.14. The van der Waals surface area contributed by atoms with E-state index in [1.807, 2.05) is 11.8 Å². The zero-order valence-corrected chi connectivity index (χ0v) is 9.46.